The van der Waals surface area contributed by atoms with Crippen molar-refractivity contribution in [2.24, 2.45) is 47.3 Å². The van der Waals surface area contributed by atoms with Crippen LogP contribution in [0.4, 0.5) is 0 Å². The van der Waals surface area contributed by atoms with Gasteiger partial charge in [0.05, 0.1) is 30.6 Å². The molecule has 1 aliphatic heterocycles. The van der Waals surface area contributed by atoms with Crippen LogP contribution in [0.25, 0.3) is 0 Å². The summed E-state index contributed by atoms with van der Waals surface area (Å²) >= 11 is 0. The van der Waals surface area contributed by atoms with Gasteiger partial charge in [0.1, 0.15) is 11.5 Å². The fraction of sp³-hybridized carbons (Fsp3) is 0.780. The average Bonchev–Trinajstić information content (AvgIpc) is 3.15. The van der Waals surface area contributed by atoms with E-state index in [9.17, 15) is 14.4 Å². The van der Waals surface area contributed by atoms with Crippen LogP contribution >= 0.6 is 0 Å². The SMILES string of the molecule is CCC1CCC(C2CCC(C(=O)Oc3ccc(OC(=O)C4CCC(C5CCC(CC)CC5)CC4)c(C(=O)N4CCOCC4)c3)CC2)CC1. The Morgan fingerprint density at radius 2 is 1.06 bits per heavy atom. The van der Waals surface area contributed by atoms with Gasteiger partial charge in [-0.1, -0.05) is 52.4 Å². The Morgan fingerprint density at radius 3 is 1.52 bits per heavy atom. The van der Waals surface area contributed by atoms with Crippen molar-refractivity contribution in [2.45, 2.75) is 129 Å². The number of hydrogen-bond acceptors (Lipinski definition) is 6. The molecule has 7 nitrogen and oxygen atoms in total. The van der Waals surface area contributed by atoms with Gasteiger partial charge in [-0.2, -0.15) is 0 Å². The van der Waals surface area contributed by atoms with E-state index in [0.29, 0.717) is 32.1 Å². The quantitative estimate of drug-likeness (QED) is 0.194. The number of morpholine rings is 1. The number of benzene rings is 1. The van der Waals surface area contributed by atoms with E-state index in [-0.39, 0.29) is 41.0 Å². The molecule has 1 amide bonds. The van der Waals surface area contributed by atoms with E-state index in [1.807, 2.05) is 0 Å². The molecule has 6 rings (SSSR count). The molecule has 0 spiro atoms. The molecule has 0 aromatic heterocycles. The monoisotopic (exact) mass is 663 g/mol. The molecule has 1 saturated heterocycles. The fourth-order valence-corrected chi connectivity index (χ4v) is 9.95. The van der Waals surface area contributed by atoms with E-state index >= 15 is 0 Å². The Kier molecular flexibility index (Phi) is 12.5. The number of esters is 2. The summed E-state index contributed by atoms with van der Waals surface area (Å²) in [6.07, 6.45) is 21.2. The molecule has 4 aliphatic carbocycles. The van der Waals surface area contributed by atoms with Gasteiger partial charge in [0.2, 0.25) is 0 Å². The molecule has 48 heavy (non-hydrogen) atoms. The van der Waals surface area contributed by atoms with E-state index < -0.39 is 0 Å². The van der Waals surface area contributed by atoms with Crippen LogP contribution in [-0.2, 0) is 14.3 Å². The maximum absolute atomic E-state index is 13.7. The van der Waals surface area contributed by atoms with Crippen molar-refractivity contribution in [3.63, 3.8) is 0 Å². The Morgan fingerprint density at radius 1 is 0.625 bits per heavy atom. The number of nitrogens with zero attached hydrogens (tertiary/aromatic N) is 1. The van der Waals surface area contributed by atoms with Crippen molar-refractivity contribution < 1.29 is 28.6 Å². The largest absolute Gasteiger partial charge is 0.426 e. The second-order valence-electron chi connectivity index (χ2n) is 16.0. The van der Waals surface area contributed by atoms with Crippen molar-refractivity contribution >= 4 is 17.8 Å². The molecule has 5 aliphatic rings. The predicted molar refractivity (Wildman–Crippen MR) is 187 cm³/mol. The third-order valence-electron chi connectivity index (χ3n) is 13.4. The van der Waals surface area contributed by atoms with Crippen molar-refractivity contribution in [3.8, 4) is 11.5 Å². The summed E-state index contributed by atoms with van der Waals surface area (Å²) in [5, 5.41) is 0. The van der Waals surface area contributed by atoms with E-state index in [2.05, 4.69) is 13.8 Å². The highest BCUT2D eigenvalue weighted by Crippen LogP contribution is 2.44. The molecule has 0 atom stereocenters. The summed E-state index contributed by atoms with van der Waals surface area (Å²) in [6.45, 7) is 6.52. The lowest BCUT2D eigenvalue weighted by molar-refractivity contribution is -0.141. The minimum absolute atomic E-state index is 0.110. The van der Waals surface area contributed by atoms with Crippen LogP contribution in [0.15, 0.2) is 18.2 Å². The highest BCUT2D eigenvalue weighted by molar-refractivity contribution is 5.98. The number of rotatable bonds is 9. The molecule has 1 aromatic carbocycles. The zero-order valence-electron chi connectivity index (χ0n) is 29.8. The molecule has 0 bridgehead atoms. The maximum atomic E-state index is 13.7. The number of hydrogen-bond donors (Lipinski definition) is 0. The van der Waals surface area contributed by atoms with Gasteiger partial charge in [-0.15, -0.1) is 0 Å². The van der Waals surface area contributed by atoms with E-state index in [0.717, 1.165) is 86.9 Å². The first-order valence-corrected chi connectivity index (χ1v) is 19.9. The van der Waals surface area contributed by atoms with Gasteiger partial charge in [0.25, 0.3) is 5.91 Å². The molecule has 266 valence electrons. The third kappa shape index (κ3) is 8.84. The molecule has 0 unspecified atom stereocenters. The smallest absolute Gasteiger partial charge is 0.314 e. The van der Waals surface area contributed by atoms with Crippen molar-refractivity contribution in [1.82, 2.24) is 4.90 Å². The van der Waals surface area contributed by atoms with Gasteiger partial charge in [0, 0.05) is 13.1 Å². The van der Waals surface area contributed by atoms with E-state index in [4.69, 9.17) is 14.2 Å². The third-order valence-corrected chi connectivity index (χ3v) is 13.4. The van der Waals surface area contributed by atoms with Crippen molar-refractivity contribution in [1.29, 1.82) is 0 Å². The highest BCUT2D eigenvalue weighted by Gasteiger charge is 2.36. The summed E-state index contributed by atoms with van der Waals surface area (Å²) in [4.78, 5) is 42.3. The predicted octanol–water partition coefficient (Wildman–Crippen LogP) is 9.02. The molecule has 0 radical (unpaired) electrons. The lowest BCUT2D eigenvalue weighted by Crippen LogP contribution is -2.41. The minimum atomic E-state index is -0.246. The average molecular weight is 664 g/mol. The first-order valence-electron chi connectivity index (χ1n) is 19.9. The summed E-state index contributed by atoms with van der Waals surface area (Å²) in [7, 11) is 0. The Labute approximate surface area is 289 Å². The second kappa shape index (κ2) is 17.0. The van der Waals surface area contributed by atoms with Crippen LogP contribution in [-0.4, -0.2) is 49.0 Å². The number of carbonyl (C=O) groups excluding carboxylic acids is 3. The number of amides is 1. The summed E-state index contributed by atoms with van der Waals surface area (Å²) in [5.41, 5.74) is 0.281. The topological polar surface area (TPSA) is 82.1 Å². The summed E-state index contributed by atoms with van der Waals surface area (Å²) in [5.74, 6) is 4.54. The second-order valence-corrected chi connectivity index (χ2v) is 16.0. The van der Waals surface area contributed by atoms with E-state index in [1.54, 1.807) is 23.1 Å². The lowest BCUT2D eigenvalue weighted by atomic mass is 9.69. The molecular formula is C41H61NO6. The molecule has 1 heterocycles. The van der Waals surface area contributed by atoms with Crippen LogP contribution in [0.3, 0.4) is 0 Å². The van der Waals surface area contributed by atoms with Crippen LogP contribution in [0.5, 0.6) is 11.5 Å². The zero-order valence-corrected chi connectivity index (χ0v) is 29.8. The van der Waals surface area contributed by atoms with Crippen LogP contribution in [0.1, 0.15) is 140 Å². The fourth-order valence-electron chi connectivity index (χ4n) is 9.95. The Balaban J connectivity index is 1.05. The van der Waals surface area contributed by atoms with Gasteiger partial charge in [-0.25, -0.2) is 0 Å². The standard InChI is InChI=1S/C41H61NO6/c1-3-28-5-9-30(10-6-28)32-13-17-34(18-14-32)40(44)47-36-21-22-38(37(27-36)39(43)42-23-25-46-26-24-42)48-41(45)35-19-15-33(16-20-35)31-11-7-29(4-2)8-12-31/h21-22,27-35H,3-20,23-26H2,1-2H3. The van der Waals surface area contributed by atoms with Gasteiger partial charge in [0.15, 0.2) is 0 Å². The van der Waals surface area contributed by atoms with Crippen LogP contribution in [0.2, 0.25) is 0 Å². The molecular weight excluding hydrogens is 602 g/mol. The molecule has 0 N–H and O–H groups in total. The van der Waals surface area contributed by atoms with Crippen molar-refractivity contribution in [2.75, 3.05) is 26.3 Å². The van der Waals surface area contributed by atoms with Gasteiger partial charge in [-0.05, 0) is 131 Å². The summed E-state index contributed by atoms with van der Waals surface area (Å²) < 4.78 is 17.4. The molecule has 7 heteroatoms. The van der Waals surface area contributed by atoms with Crippen molar-refractivity contribution in [3.05, 3.63) is 23.8 Å². The highest BCUT2D eigenvalue weighted by atomic mass is 16.5. The van der Waals surface area contributed by atoms with Gasteiger partial charge in [-0.3, -0.25) is 14.4 Å². The first kappa shape index (κ1) is 35.4. The molecule has 5 fully saturated rings. The number of ether oxygens (including phenoxy) is 3. The first-order chi connectivity index (χ1) is 23.4. The van der Waals surface area contributed by atoms with Gasteiger partial charge < -0.3 is 19.1 Å². The van der Waals surface area contributed by atoms with Crippen LogP contribution < -0.4 is 9.47 Å². The normalized spacial score (nSPS) is 33.1. The Bertz CT molecular complexity index is 1210. The minimum Gasteiger partial charge on any atom is -0.426 e. The Hall–Kier alpha value is -2.41. The molecule has 4 saturated carbocycles. The maximum Gasteiger partial charge on any atom is 0.314 e. The summed E-state index contributed by atoms with van der Waals surface area (Å²) in [6, 6.07) is 4.94. The zero-order chi connectivity index (χ0) is 33.5. The van der Waals surface area contributed by atoms with E-state index in [1.165, 1.54) is 64.2 Å². The molecule has 1 aromatic rings. The van der Waals surface area contributed by atoms with Crippen LogP contribution in [0, 0.1) is 47.3 Å². The lowest BCUT2D eigenvalue weighted by Gasteiger charge is -2.37. The van der Waals surface area contributed by atoms with Gasteiger partial charge >= 0.3 is 11.9 Å². The number of carbonyl (C=O) groups is 3.